The van der Waals surface area contributed by atoms with Crippen molar-refractivity contribution in [2.24, 2.45) is 5.73 Å². The van der Waals surface area contributed by atoms with Gasteiger partial charge < -0.3 is 11.1 Å². The van der Waals surface area contributed by atoms with Gasteiger partial charge in [-0.25, -0.2) is 5.48 Å². The highest BCUT2D eigenvalue weighted by Gasteiger charge is 2.26. The average molecular weight is 203 g/mol. The summed E-state index contributed by atoms with van der Waals surface area (Å²) in [5.74, 6) is -0.741. The maximum absolute atomic E-state index is 11.0. The number of nitrogens with one attached hydrogen (secondary N) is 2. The van der Waals surface area contributed by atoms with Crippen LogP contribution in [-0.2, 0) is 14.4 Å². The van der Waals surface area contributed by atoms with Gasteiger partial charge in [-0.3, -0.25) is 14.4 Å². The van der Waals surface area contributed by atoms with Crippen LogP contribution in [0.1, 0.15) is 6.42 Å². The van der Waals surface area contributed by atoms with Gasteiger partial charge in [-0.1, -0.05) is 12.2 Å². The van der Waals surface area contributed by atoms with Gasteiger partial charge >= 0.3 is 0 Å². The fraction of sp³-hybridized carbons (Fsp3) is 0.500. The van der Waals surface area contributed by atoms with E-state index in [2.05, 4.69) is 27.9 Å². The minimum Gasteiger partial charge on any atom is -0.393 e. The third kappa shape index (κ3) is 2.96. The Morgan fingerprint density at radius 1 is 1.85 bits per heavy atom. The Bertz CT molecular complexity index is 256. The molecular formula is C6H9N3O3S. The highest BCUT2D eigenvalue weighted by Crippen LogP contribution is 1.94. The molecule has 1 heterocycles. The summed E-state index contributed by atoms with van der Waals surface area (Å²) in [6.07, 6.45) is -0.0564. The van der Waals surface area contributed by atoms with Gasteiger partial charge in [-0.15, -0.1) is 0 Å². The van der Waals surface area contributed by atoms with Crippen LogP contribution in [0.25, 0.3) is 0 Å². The van der Waals surface area contributed by atoms with Crippen LogP contribution in [-0.4, -0.2) is 29.5 Å². The average Bonchev–Trinajstić information content (AvgIpc) is 2.34. The number of nitrogens with two attached hydrogens (primary N) is 1. The van der Waals surface area contributed by atoms with E-state index >= 15 is 0 Å². The summed E-state index contributed by atoms with van der Waals surface area (Å²) in [7, 11) is 0. The molecule has 0 aliphatic carbocycles. The second kappa shape index (κ2) is 4.15. The molecule has 13 heavy (non-hydrogen) atoms. The Hall–Kier alpha value is -1.21. The van der Waals surface area contributed by atoms with Gasteiger partial charge in [-0.05, 0) is 0 Å². The number of carbonyl (C=O) groups is 2. The van der Waals surface area contributed by atoms with E-state index in [-0.39, 0.29) is 29.8 Å². The lowest BCUT2D eigenvalue weighted by Gasteiger charge is -2.06. The lowest BCUT2D eigenvalue weighted by Crippen LogP contribution is -2.42. The van der Waals surface area contributed by atoms with E-state index in [0.29, 0.717) is 0 Å². The van der Waals surface area contributed by atoms with Gasteiger partial charge in [0.1, 0.15) is 12.6 Å². The topological polar surface area (TPSA) is 93.5 Å². The first-order chi connectivity index (χ1) is 6.09. The fourth-order valence-corrected chi connectivity index (χ4v) is 0.985. The van der Waals surface area contributed by atoms with Crippen molar-refractivity contribution in [3.63, 3.8) is 0 Å². The Morgan fingerprint density at radius 3 is 3.00 bits per heavy atom. The molecule has 1 atom stereocenters. The fourth-order valence-electron chi connectivity index (χ4n) is 0.854. The first-order valence-electron chi connectivity index (χ1n) is 3.59. The molecule has 4 N–H and O–H groups in total. The number of hydroxylamine groups is 1. The summed E-state index contributed by atoms with van der Waals surface area (Å²) >= 11 is 4.53. The van der Waals surface area contributed by atoms with Crippen molar-refractivity contribution in [1.82, 2.24) is 10.8 Å². The van der Waals surface area contributed by atoms with Crippen molar-refractivity contribution in [3.8, 4) is 0 Å². The maximum atomic E-state index is 11.0. The van der Waals surface area contributed by atoms with E-state index in [4.69, 9.17) is 5.73 Å². The molecule has 0 spiro atoms. The van der Waals surface area contributed by atoms with Crippen LogP contribution in [0.2, 0.25) is 0 Å². The van der Waals surface area contributed by atoms with Crippen LogP contribution < -0.4 is 16.5 Å². The normalized spacial score (nSPS) is 20.9. The van der Waals surface area contributed by atoms with Gasteiger partial charge in [0.05, 0.1) is 11.4 Å². The van der Waals surface area contributed by atoms with Crippen molar-refractivity contribution in [2.75, 3.05) is 6.61 Å². The molecule has 1 aliphatic heterocycles. The molecule has 1 fully saturated rings. The molecule has 7 heteroatoms. The van der Waals surface area contributed by atoms with E-state index < -0.39 is 6.04 Å². The van der Waals surface area contributed by atoms with E-state index in [1.165, 1.54) is 0 Å². The Labute approximate surface area is 79.7 Å². The molecule has 1 rings (SSSR count). The van der Waals surface area contributed by atoms with Gasteiger partial charge in [-0.2, -0.15) is 0 Å². The van der Waals surface area contributed by atoms with E-state index in [1.54, 1.807) is 0 Å². The third-order valence-electron chi connectivity index (χ3n) is 1.41. The molecule has 0 saturated carbocycles. The zero-order chi connectivity index (χ0) is 9.84. The van der Waals surface area contributed by atoms with E-state index in [1.807, 2.05) is 0 Å². The van der Waals surface area contributed by atoms with Crippen molar-refractivity contribution in [2.45, 2.75) is 12.5 Å². The number of hydrogen-bond acceptors (Lipinski definition) is 4. The maximum Gasteiger partial charge on any atom is 0.268 e. The minimum absolute atomic E-state index is 0.0564. The van der Waals surface area contributed by atoms with Crippen LogP contribution in [0.5, 0.6) is 0 Å². The summed E-state index contributed by atoms with van der Waals surface area (Å²) in [5, 5.41) is 2.42. The third-order valence-corrected chi connectivity index (χ3v) is 1.55. The second-order valence-corrected chi connectivity index (χ2v) is 3.06. The van der Waals surface area contributed by atoms with Crippen LogP contribution in [0.3, 0.4) is 0 Å². The highest BCUT2D eigenvalue weighted by atomic mass is 32.1. The quantitative estimate of drug-likeness (QED) is 0.471. The molecule has 0 radical (unpaired) electrons. The molecule has 1 saturated heterocycles. The van der Waals surface area contributed by atoms with Gasteiger partial charge in [0.25, 0.3) is 5.91 Å². The standard InChI is InChI=1S/C6H9N3O3S/c7-4(13)1-5(10)8-3-2-12-9-6(3)11/h3H,1-2H2,(H2,7,13)(H,8,10)(H,9,11). The van der Waals surface area contributed by atoms with Crippen molar-refractivity contribution < 1.29 is 14.4 Å². The predicted molar refractivity (Wildman–Crippen MR) is 47.4 cm³/mol. The lowest BCUT2D eigenvalue weighted by atomic mass is 10.3. The van der Waals surface area contributed by atoms with E-state index in [0.717, 1.165) is 0 Å². The zero-order valence-corrected chi connectivity index (χ0v) is 7.52. The monoisotopic (exact) mass is 203 g/mol. The molecule has 0 aromatic carbocycles. The summed E-state index contributed by atoms with van der Waals surface area (Å²) in [4.78, 5) is 26.6. The smallest absolute Gasteiger partial charge is 0.268 e. The largest absolute Gasteiger partial charge is 0.393 e. The van der Waals surface area contributed by atoms with Crippen LogP contribution >= 0.6 is 12.2 Å². The second-order valence-electron chi connectivity index (χ2n) is 2.54. The van der Waals surface area contributed by atoms with Crippen molar-refractivity contribution in [1.29, 1.82) is 0 Å². The molecule has 1 unspecified atom stereocenters. The van der Waals surface area contributed by atoms with Gasteiger partial charge in [0.15, 0.2) is 0 Å². The Morgan fingerprint density at radius 2 is 2.54 bits per heavy atom. The van der Waals surface area contributed by atoms with Gasteiger partial charge in [0, 0.05) is 0 Å². The van der Waals surface area contributed by atoms with Crippen molar-refractivity contribution >= 4 is 29.0 Å². The molecule has 2 amide bonds. The molecule has 1 aliphatic rings. The molecular weight excluding hydrogens is 194 g/mol. The van der Waals surface area contributed by atoms with Crippen LogP contribution in [0.15, 0.2) is 0 Å². The number of hydrogen-bond donors (Lipinski definition) is 3. The molecule has 6 nitrogen and oxygen atoms in total. The zero-order valence-electron chi connectivity index (χ0n) is 6.70. The first-order valence-corrected chi connectivity index (χ1v) is 3.99. The van der Waals surface area contributed by atoms with E-state index in [9.17, 15) is 9.59 Å². The number of rotatable bonds is 3. The Balaban J connectivity index is 2.35. The molecule has 0 aromatic heterocycles. The number of thiocarbonyl (C=S) groups is 1. The molecule has 72 valence electrons. The number of amides is 2. The first kappa shape index (κ1) is 9.87. The minimum atomic E-state index is -0.637. The van der Waals surface area contributed by atoms with Crippen molar-refractivity contribution in [3.05, 3.63) is 0 Å². The molecule has 0 aromatic rings. The summed E-state index contributed by atoms with van der Waals surface area (Å²) < 4.78 is 0. The molecule has 0 bridgehead atoms. The van der Waals surface area contributed by atoms with Crippen LogP contribution in [0.4, 0.5) is 0 Å². The number of carbonyl (C=O) groups excluding carboxylic acids is 2. The summed E-state index contributed by atoms with van der Waals surface area (Å²) in [6, 6.07) is -0.637. The highest BCUT2D eigenvalue weighted by molar-refractivity contribution is 7.80. The van der Waals surface area contributed by atoms with Crippen LogP contribution in [0, 0.1) is 0 Å². The lowest BCUT2D eigenvalue weighted by molar-refractivity contribution is -0.128. The summed E-state index contributed by atoms with van der Waals surface area (Å²) in [6.45, 7) is 0.127. The SMILES string of the molecule is NC(=S)CC(=O)NC1CONC1=O. The predicted octanol–water partition coefficient (Wildman–Crippen LogP) is -1.79. The van der Waals surface area contributed by atoms with Gasteiger partial charge in [0.2, 0.25) is 5.91 Å². The summed E-state index contributed by atoms with van der Waals surface area (Å²) in [5.41, 5.74) is 7.25. The Kier molecular flexibility index (Phi) is 3.15.